The Morgan fingerprint density at radius 1 is 1.52 bits per heavy atom. The lowest BCUT2D eigenvalue weighted by atomic mass is 10.0. The van der Waals surface area contributed by atoms with Gasteiger partial charge in [-0.15, -0.1) is 0 Å². The van der Waals surface area contributed by atoms with Gasteiger partial charge in [0, 0.05) is 25.2 Å². The van der Waals surface area contributed by atoms with Crippen molar-refractivity contribution < 1.29 is 9.84 Å². The van der Waals surface area contributed by atoms with Gasteiger partial charge in [0.1, 0.15) is 0 Å². The average molecular weight is 396 g/mol. The molecule has 8 heteroatoms. The lowest BCUT2D eigenvalue weighted by Crippen LogP contribution is -2.27. The Bertz CT molecular complexity index is 660. The number of hydrogen-bond donors (Lipinski definition) is 3. The number of nitrogens with zero attached hydrogens (tertiary/aromatic N) is 3. The first kappa shape index (κ1) is 21.5. The quantitative estimate of drug-likeness (QED) is 0.440. The molecule has 1 aromatic carbocycles. The molecule has 0 aliphatic carbocycles. The Labute approximate surface area is 166 Å². The van der Waals surface area contributed by atoms with E-state index in [2.05, 4.69) is 15.4 Å². The molecule has 2 rings (SSSR count). The molecule has 0 radical (unpaired) electrons. The molecule has 0 aromatic heterocycles. The van der Waals surface area contributed by atoms with Crippen LogP contribution in [0.3, 0.4) is 0 Å². The number of rotatable bonds is 9. The van der Waals surface area contributed by atoms with Crippen LogP contribution in [0.1, 0.15) is 32.3 Å². The molecule has 2 atom stereocenters. The largest absolute Gasteiger partial charge is 0.394 e. The number of benzene rings is 1. The number of nitrogens with two attached hydrogens (primary N) is 1. The molecule has 1 heterocycles. The lowest BCUT2D eigenvalue weighted by Gasteiger charge is -2.22. The first-order valence-corrected chi connectivity index (χ1v) is 9.50. The first-order chi connectivity index (χ1) is 12.8. The minimum absolute atomic E-state index is 0.0844. The smallest absolute Gasteiger partial charge is 0.0919 e. The van der Waals surface area contributed by atoms with Crippen LogP contribution < -0.4 is 11.1 Å². The third-order valence-electron chi connectivity index (χ3n) is 4.16. The summed E-state index contributed by atoms with van der Waals surface area (Å²) in [6.07, 6.45) is 3.16. The highest BCUT2D eigenvalue weighted by molar-refractivity contribution is 6.33. The Hall–Kier alpha value is -1.83. The number of hydrogen-bond acceptors (Lipinski definition) is 6. The number of aliphatic hydroxyl groups is 1. The van der Waals surface area contributed by atoms with Crippen molar-refractivity contribution in [2.75, 3.05) is 38.2 Å². The third-order valence-corrected chi connectivity index (χ3v) is 4.49. The second kappa shape index (κ2) is 9.92. The maximum Gasteiger partial charge on any atom is 0.0919 e. The zero-order chi connectivity index (χ0) is 19.9. The fourth-order valence-electron chi connectivity index (χ4n) is 2.72. The highest BCUT2D eigenvalue weighted by atomic mass is 35.5. The second-order valence-corrected chi connectivity index (χ2v) is 7.91. The van der Waals surface area contributed by atoms with Crippen LogP contribution in [0.25, 0.3) is 0 Å². The molecule has 7 nitrogen and oxygen atoms in total. The number of nitrogens with one attached hydrogen (secondary N) is 1. The number of aliphatic hydroxyl groups excluding tert-OH is 1. The zero-order valence-corrected chi connectivity index (χ0v) is 17.0. The van der Waals surface area contributed by atoms with Crippen LogP contribution in [-0.4, -0.2) is 67.2 Å². The van der Waals surface area contributed by atoms with E-state index in [4.69, 9.17) is 22.1 Å². The molecule has 2 unspecified atom stereocenters. The molecule has 0 fully saturated rings. The van der Waals surface area contributed by atoms with Crippen LogP contribution in [0.15, 0.2) is 28.3 Å². The molecular formula is C19H30ClN5O2. The van der Waals surface area contributed by atoms with Gasteiger partial charge in [-0.3, -0.25) is 10.0 Å². The minimum atomic E-state index is -0.305. The average Bonchev–Trinajstić information content (AvgIpc) is 3.07. The van der Waals surface area contributed by atoms with Gasteiger partial charge in [-0.05, 0) is 38.5 Å². The van der Waals surface area contributed by atoms with Crippen molar-refractivity contribution in [3.63, 3.8) is 0 Å². The maximum absolute atomic E-state index is 9.31. The van der Waals surface area contributed by atoms with Crippen LogP contribution in [-0.2, 0) is 4.74 Å². The van der Waals surface area contributed by atoms with Crippen LogP contribution in [0.2, 0.25) is 5.02 Å². The summed E-state index contributed by atoms with van der Waals surface area (Å²) in [4.78, 5) is 4.00. The van der Waals surface area contributed by atoms with Crippen molar-refractivity contribution in [2.24, 2.45) is 15.8 Å². The standard InChI is InChI=1S/C19H30ClN5O2/c1-19(2,3)27-7-6-25-11-15(9-24-25)14-4-5-17(20)18(8-14)22-10-16(12-26)23-13-21/h4-5,8-9,13,15-16,22,26H,6-7,10-12H2,1-3H3,(H2,21,23). The van der Waals surface area contributed by atoms with Gasteiger partial charge in [0.25, 0.3) is 0 Å². The van der Waals surface area contributed by atoms with Gasteiger partial charge in [-0.25, -0.2) is 0 Å². The van der Waals surface area contributed by atoms with Gasteiger partial charge < -0.3 is 20.9 Å². The highest BCUT2D eigenvalue weighted by Crippen LogP contribution is 2.28. The summed E-state index contributed by atoms with van der Waals surface area (Å²) in [6.45, 7) is 8.72. The predicted molar refractivity (Wildman–Crippen MR) is 112 cm³/mol. The molecule has 0 bridgehead atoms. The third kappa shape index (κ3) is 7.01. The molecule has 0 amide bonds. The number of aliphatic imine (C=N–C) groups is 1. The molecular weight excluding hydrogens is 366 g/mol. The Morgan fingerprint density at radius 2 is 2.30 bits per heavy atom. The summed E-state index contributed by atoms with van der Waals surface area (Å²) in [5.74, 6) is 0.202. The van der Waals surface area contributed by atoms with E-state index in [1.807, 2.05) is 50.2 Å². The van der Waals surface area contributed by atoms with Gasteiger partial charge in [0.15, 0.2) is 0 Å². The first-order valence-electron chi connectivity index (χ1n) is 9.13. The fourth-order valence-corrected chi connectivity index (χ4v) is 2.90. The minimum Gasteiger partial charge on any atom is -0.394 e. The van der Waals surface area contributed by atoms with Crippen LogP contribution in [0.4, 0.5) is 5.69 Å². The van der Waals surface area contributed by atoms with Gasteiger partial charge in [0.2, 0.25) is 0 Å². The SMILES string of the molecule is CC(C)(C)OCCN1CC(c2ccc(Cl)c(NCC(CO)/N=C/N)c2)C=N1. The van der Waals surface area contributed by atoms with Gasteiger partial charge in [-0.1, -0.05) is 17.7 Å². The van der Waals surface area contributed by atoms with Gasteiger partial charge in [-0.2, -0.15) is 5.10 Å². The monoisotopic (exact) mass is 395 g/mol. The van der Waals surface area contributed by atoms with Crippen LogP contribution >= 0.6 is 11.6 Å². The second-order valence-electron chi connectivity index (χ2n) is 7.50. The number of anilines is 1. The van der Waals surface area contributed by atoms with Crippen molar-refractivity contribution in [3.05, 3.63) is 28.8 Å². The summed E-state index contributed by atoms with van der Waals surface area (Å²) in [6, 6.07) is 5.61. The molecule has 1 aliphatic rings. The molecule has 1 aliphatic heterocycles. The molecule has 0 spiro atoms. The van der Waals surface area contributed by atoms with E-state index in [0.29, 0.717) is 18.2 Å². The summed E-state index contributed by atoms with van der Waals surface area (Å²) in [7, 11) is 0. The topological polar surface area (TPSA) is 95.5 Å². The number of ether oxygens (including phenoxy) is 1. The molecule has 27 heavy (non-hydrogen) atoms. The highest BCUT2D eigenvalue weighted by Gasteiger charge is 2.21. The van der Waals surface area contributed by atoms with Crippen molar-refractivity contribution >= 4 is 29.8 Å². The van der Waals surface area contributed by atoms with E-state index in [1.165, 1.54) is 6.34 Å². The molecule has 150 valence electrons. The van der Waals surface area contributed by atoms with Crippen LogP contribution in [0, 0.1) is 0 Å². The summed E-state index contributed by atoms with van der Waals surface area (Å²) in [5.41, 5.74) is 7.10. The van der Waals surface area contributed by atoms with E-state index in [-0.39, 0.29) is 24.2 Å². The lowest BCUT2D eigenvalue weighted by molar-refractivity contribution is -0.0120. The molecule has 1 aromatic rings. The van der Waals surface area contributed by atoms with Crippen LogP contribution in [0.5, 0.6) is 0 Å². The summed E-state index contributed by atoms with van der Waals surface area (Å²) in [5, 5.41) is 19.7. The van der Waals surface area contributed by atoms with Gasteiger partial charge in [0.05, 0.1) is 48.4 Å². The Kier molecular flexibility index (Phi) is 7.89. The van der Waals surface area contributed by atoms with Crippen molar-refractivity contribution in [1.82, 2.24) is 5.01 Å². The summed E-state index contributed by atoms with van der Waals surface area (Å²) >= 11 is 6.30. The van der Waals surface area contributed by atoms with E-state index in [0.717, 1.165) is 24.3 Å². The molecule has 0 saturated carbocycles. The Morgan fingerprint density at radius 3 is 2.96 bits per heavy atom. The fraction of sp³-hybridized carbons (Fsp3) is 0.579. The number of hydrazone groups is 1. The maximum atomic E-state index is 9.31. The predicted octanol–water partition coefficient (Wildman–Crippen LogP) is 2.30. The van der Waals surface area contributed by atoms with Crippen molar-refractivity contribution in [2.45, 2.75) is 38.3 Å². The number of halogens is 1. The van der Waals surface area contributed by atoms with Crippen molar-refractivity contribution in [3.8, 4) is 0 Å². The molecule has 0 saturated heterocycles. The zero-order valence-electron chi connectivity index (χ0n) is 16.2. The Balaban J connectivity index is 1.93. The van der Waals surface area contributed by atoms with E-state index in [9.17, 15) is 5.11 Å². The summed E-state index contributed by atoms with van der Waals surface area (Å²) < 4.78 is 5.77. The van der Waals surface area contributed by atoms with E-state index < -0.39 is 0 Å². The van der Waals surface area contributed by atoms with E-state index >= 15 is 0 Å². The molecule has 4 N–H and O–H groups in total. The van der Waals surface area contributed by atoms with Gasteiger partial charge >= 0.3 is 0 Å². The van der Waals surface area contributed by atoms with Crippen molar-refractivity contribution in [1.29, 1.82) is 0 Å². The van der Waals surface area contributed by atoms with E-state index in [1.54, 1.807) is 0 Å². The normalized spacial score (nSPS) is 18.4.